The average Bonchev–Trinajstić information content (AvgIpc) is 2.99. The normalized spacial score (nSPS) is 12.7. The highest BCUT2D eigenvalue weighted by atomic mass is 32.1. The maximum atomic E-state index is 9.43. The molecule has 1 N–H and O–H groups in total. The number of hydrogen-bond acceptors (Lipinski definition) is 4. The molecule has 2 aromatic heterocycles. The molecule has 0 aliphatic heterocycles. The van der Waals surface area contributed by atoms with Crippen LogP contribution in [0, 0.1) is 0 Å². The third kappa shape index (κ3) is 3.19. The van der Waals surface area contributed by atoms with Crippen molar-refractivity contribution in [1.82, 2.24) is 4.98 Å². The van der Waals surface area contributed by atoms with Crippen LogP contribution in [-0.4, -0.2) is 17.1 Å². The van der Waals surface area contributed by atoms with Crippen molar-refractivity contribution in [2.75, 3.05) is 11.9 Å². The number of thiophene rings is 1. The number of aliphatic hydroxyl groups excluding tert-OH is 1. The molecular weight excluding hydrogens is 268 g/mol. The molecule has 3 nitrogen and oxygen atoms in total. The minimum atomic E-state index is 0.0520. The highest BCUT2D eigenvalue weighted by Crippen LogP contribution is 2.28. The number of pyridine rings is 1. The lowest BCUT2D eigenvalue weighted by Gasteiger charge is -2.26. The van der Waals surface area contributed by atoms with Gasteiger partial charge >= 0.3 is 0 Å². The first-order valence-electron chi connectivity index (χ1n) is 6.91. The molecule has 1 unspecified atom stereocenters. The molecule has 0 aromatic carbocycles. The Kier molecular flexibility index (Phi) is 4.78. The van der Waals surface area contributed by atoms with Gasteiger partial charge in [-0.1, -0.05) is 19.9 Å². The van der Waals surface area contributed by atoms with Crippen molar-refractivity contribution in [1.29, 1.82) is 0 Å². The highest BCUT2D eigenvalue weighted by Gasteiger charge is 2.16. The molecule has 2 rings (SSSR count). The topological polar surface area (TPSA) is 36.4 Å². The summed E-state index contributed by atoms with van der Waals surface area (Å²) in [4.78, 5) is 8.21. The van der Waals surface area contributed by atoms with Gasteiger partial charge in [0.2, 0.25) is 0 Å². The van der Waals surface area contributed by atoms with Crippen LogP contribution in [0.25, 0.3) is 0 Å². The molecule has 0 aliphatic rings. The third-order valence-electron chi connectivity index (χ3n) is 3.56. The van der Waals surface area contributed by atoms with Gasteiger partial charge in [-0.2, -0.15) is 0 Å². The minimum Gasteiger partial charge on any atom is -0.392 e. The van der Waals surface area contributed by atoms with Gasteiger partial charge in [0.05, 0.1) is 12.6 Å². The van der Waals surface area contributed by atoms with E-state index in [0.717, 1.165) is 17.1 Å². The van der Waals surface area contributed by atoms with Crippen LogP contribution >= 0.6 is 11.3 Å². The maximum absolute atomic E-state index is 9.43. The molecule has 0 bridgehead atoms. The lowest BCUT2D eigenvalue weighted by atomic mass is 10.1. The van der Waals surface area contributed by atoms with Crippen LogP contribution in [0.2, 0.25) is 0 Å². The first-order chi connectivity index (χ1) is 9.52. The predicted octanol–water partition coefficient (Wildman–Crippen LogP) is 3.96. The zero-order valence-corrected chi connectivity index (χ0v) is 13.3. The van der Waals surface area contributed by atoms with Gasteiger partial charge < -0.3 is 10.0 Å². The number of aliphatic hydroxyl groups is 1. The Balaban J connectivity index is 2.33. The Hall–Kier alpha value is -1.39. The summed E-state index contributed by atoms with van der Waals surface area (Å²) in [5.41, 5.74) is 1.95. The summed E-state index contributed by atoms with van der Waals surface area (Å²) in [5.74, 6) is 1.27. The molecule has 2 heterocycles. The fourth-order valence-corrected chi connectivity index (χ4v) is 2.91. The van der Waals surface area contributed by atoms with Crippen molar-refractivity contribution in [2.45, 2.75) is 39.3 Å². The Labute approximate surface area is 124 Å². The van der Waals surface area contributed by atoms with Crippen molar-refractivity contribution in [3.8, 4) is 0 Å². The summed E-state index contributed by atoms with van der Waals surface area (Å²) >= 11 is 1.76. The van der Waals surface area contributed by atoms with E-state index in [1.54, 1.807) is 11.3 Å². The Morgan fingerprint density at radius 3 is 2.60 bits per heavy atom. The second-order valence-electron chi connectivity index (χ2n) is 5.37. The summed E-state index contributed by atoms with van der Waals surface area (Å²) in [6.07, 6.45) is 0. The van der Waals surface area contributed by atoms with E-state index in [2.05, 4.69) is 50.2 Å². The van der Waals surface area contributed by atoms with Gasteiger partial charge in [-0.3, -0.25) is 0 Å². The van der Waals surface area contributed by atoms with Crippen LogP contribution in [0.3, 0.4) is 0 Å². The molecule has 0 fully saturated rings. The van der Waals surface area contributed by atoms with Gasteiger partial charge in [0.25, 0.3) is 0 Å². The van der Waals surface area contributed by atoms with Gasteiger partial charge in [-0.15, -0.1) is 11.3 Å². The van der Waals surface area contributed by atoms with E-state index >= 15 is 0 Å². The SMILES string of the molecule is CC(C)c1cc(CO)cc(N(C)C(C)c2cccs2)n1. The van der Waals surface area contributed by atoms with Crippen molar-refractivity contribution >= 4 is 17.2 Å². The fourth-order valence-electron chi connectivity index (χ4n) is 2.08. The van der Waals surface area contributed by atoms with E-state index < -0.39 is 0 Å². The van der Waals surface area contributed by atoms with Crippen molar-refractivity contribution in [2.24, 2.45) is 0 Å². The monoisotopic (exact) mass is 290 g/mol. The van der Waals surface area contributed by atoms with Crippen molar-refractivity contribution < 1.29 is 5.11 Å². The third-order valence-corrected chi connectivity index (χ3v) is 4.61. The summed E-state index contributed by atoms with van der Waals surface area (Å²) in [5, 5.41) is 11.5. The molecule has 20 heavy (non-hydrogen) atoms. The number of anilines is 1. The maximum Gasteiger partial charge on any atom is 0.129 e. The summed E-state index contributed by atoms with van der Waals surface area (Å²) in [6.45, 7) is 6.47. The molecule has 0 saturated heterocycles. The van der Waals surface area contributed by atoms with Crippen LogP contribution in [0.4, 0.5) is 5.82 Å². The van der Waals surface area contributed by atoms with Crippen molar-refractivity contribution in [3.63, 3.8) is 0 Å². The van der Waals surface area contributed by atoms with Crippen LogP contribution in [0.15, 0.2) is 29.6 Å². The quantitative estimate of drug-likeness (QED) is 0.905. The Morgan fingerprint density at radius 2 is 2.05 bits per heavy atom. The van der Waals surface area contributed by atoms with Gasteiger partial charge in [-0.25, -0.2) is 4.98 Å². The second kappa shape index (κ2) is 6.37. The average molecular weight is 290 g/mol. The van der Waals surface area contributed by atoms with E-state index in [9.17, 15) is 5.11 Å². The highest BCUT2D eigenvalue weighted by molar-refractivity contribution is 7.10. The molecule has 108 valence electrons. The van der Waals surface area contributed by atoms with Gasteiger partial charge in [-0.05, 0) is 42.0 Å². The number of hydrogen-bond donors (Lipinski definition) is 1. The van der Waals surface area contributed by atoms with E-state index in [1.807, 2.05) is 12.1 Å². The summed E-state index contributed by atoms with van der Waals surface area (Å²) in [7, 11) is 2.05. The first kappa shape index (κ1) is 15.0. The first-order valence-corrected chi connectivity index (χ1v) is 7.78. The molecule has 0 radical (unpaired) electrons. The molecule has 2 aromatic rings. The van der Waals surface area contributed by atoms with E-state index in [1.165, 1.54) is 4.88 Å². The van der Waals surface area contributed by atoms with Gasteiger partial charge in [0, 0.05) is 17.6 Å². The molecule has 0 amide bonds. The Morgan fingerprint density at radius 1 is 1.30 bits per heavy atom. The van der Waals surface area contributed by atoms with Gasteiger partial charge in [0.15, 0.2) is 0 Å². The van der Waals surface area contributed by atoms with E-state index in [-0.39, 0.29) is 12.6 Å². The second-order valence-corrected chi connectivity index (χ2v) is 6.35. The molecule has 0 saturated carbocycles. The van der Waals surface area contributed by atoms with E-state index in [0.29, 0.717) is 5.92 Å². The summed E-state index contributed by atoms with van der Waals surface area (Å²) < 4.78 is 0. The molecule has 4 heteroatoms. The van der Waals surface area contributed by atoms with Gasteiger partial charge in [0.1, 0.15) is 5.82 Å². The van der Waals surface area contributed by atoms with Crippen LogP contribution < -0.4 is 4.90 Å². The van der Waals surface area contributed by atoms with Crippen LogP contribution in [0.5, 0.6) is 0 Å². The largest absolute Gasteiger partial charge is 0.392 e. The fraction of sp³-hybridized carbons (Fsp3) is 0.438. The van der Waals surface area contributed by atoms with Crippen LogP contribution in [-0.2, 0) is 6.61 Å². The molecule has 1 atom stereocenters. The standard InChI is InChI=1S/C16H22N2OS/c1-11(2)14-8-13(10-19)9-16(17-14)18(4)12(3)15-6-5-7-20-15/h5-9,11-12,19H,10H2,1-4H3. The smallest absolute Gasteiger partial charge is 0.129 e. The molecular formula is C16H22N2OS. The van der Waals surface area contributed by atoms with E-state index in [4.69, 9.17) is 4.98 Å². The zero-order valence-electron chi connectivity index (χ0n) is 12.5. The lowest BCUT2D eigenvalue weighted by Crippen LogP contribution is -2.22. The number of nitrogens with zero attached hydrogens (tertiary/aromatic N) is 2. The molecule has 0 aliphatic carbocycles. The number of aromatic nitrogens is 1. The Bertz CT molecular complexity index is 552. The van der Waals surface area contributed by atoms with Crippen LogP contribution in [0.1, 0.15) is 48.9 Å². The van der Waals surface area contributed by atoms with Crippen molar-refractivity contribution in [3.05, 3.63) is 45.8 Å². The number of rotatable bonds is 5. The minimum absolute atomic E-state index is 0.0520. The molecule has 0 spiro atoms. The summed E-state index contributed by atoms with van der Waals surface area (Å²) in [6, 6.07) is 8.44. The lowest BCUT2D eigenvalue weighted by molar-refractivity contribution is 0.281. The zero-order chi connectivity index (χ0) is 14.7. The predicted molar refractivity (Wildman–Crippen MR) is 85.4 cm³/mol.